The van der Waals surface area contributed by atoms with Crippen LogP contribution in [0.1, 0.15) is 12.0 Å². The van der Waals surface area contributed by atoms with Crippen molar-refractivity contribution in [2.24, 2.45) is 0 Å². The first kappa shape index (κ1) is 17.4. The van der Waals surface area contributed by atoms with Gasteiger partial charge in [0.1, 0.15) is 5.75 Å². The zero-order chi connectivity index (χ0) is 16.5. The molecule has 0 aliphatic heterocycles. The van der Waals surface area contributed by atoms with E-state index in [0.29, 0.717) is 13.2 Å². The minimum atomic E-state index is 0.571. The fraction of sp³-hybridized carbons (Fsp3) is 0.263. The van der Waals surface area contributed by atoms with Crippen LogP contribution in [0.15, 0.2) is 59.6 Å². The van der Waals surface area contributed by atoms with E-state index in [2.05, 4.69) is 22.5 Å². The Kier molecular flexibility index (Phi) is 7.01. The van der Waals surface area contributed by atoms with Crippen LogP contribution in [0.25, 0.3) is 0 Å². The van der Waals surface area contributed by atoms with Gasteiger partial charge < -0.3 is 14.2 Å². The lowest BCUT2D eigenvalue weighted by atomic mass is 10.1. The van der Waals surface area contributed by atoms with E-state index in [-0.39, 0.29) is 0 Å². The molecular weight excluding hydrogens is 356 g/mol. The molecule has 0 atom stereocenters. The predicted octanol–water partition coefficient (Wildman–Crippen LogP) is 5.03. The van der Waals surface area contributed by atoms with Crippen LogP contribution in [0.4, 0.5) is 0 Å². The van der Waals surface area contributed by atoms with Gasteiger partial charge in [-0.2, -0.15) is 0 Å². The quantitative estimate of drug-likeness (QED) is 0.453. The minimum Gasteiger partial charge on any atom is -0.493 e. The Morgan fingerprint density at radius 3 is 2.43 bits per heavy atom. The standard InChI is InChI=1S/C19H21BrO3/c1-3-7-15-10-11-18(19(14-15)21-2)23-13-6-12-22-17-9-5-4-8-16(17)20/h3-5,8-11,14H,1,6-7,12-13H2,2H3. The van der Waals surface area contributed by atoms with Gasteiger partial charge in [0.25, 0.3) is 0 Å². The number of halogens is 1. The number of benzene rings is 2. The fourth-order valence-electron chi connectivity index (χ4n) is 2.11. The molecule has 0 spiro atoms. The Morgan fingerprint density at radius 1 is 1.00 bits per heavy atom. The van der Waals surface area contributed by atoms with Gasteiger partial charge in [-0.15, -0.1) is 6.58 Å². The number of para-hydroxylation sites is 1. The van der Waals surface area contributed by atoms with E-state index in [1.165, 1.54) is 0 Å². The van der Waals surface area contributed by atoms with Crippen LogP contribution in [-0.4, -0.2) is 20.3 Å². The highest BCUT2D eigenvalue weighted by molar-refractivity contribution is 9.10. The molecule has 0 bridgehead atoms. The molecule has 0 aliphatic carbocycles. The van der Waals surface area contributed by atoms with Gasteiger partial charge in [0.05, 0.1) is 24.8 Å². The van der Waals surface area contributed by atoms with E-state index in [4.69, 9.17) is 14.2 Å². The van der Waals surface area contributed by atoms with Crippen molar-refractivity contribution in [2.45, 2.75) is 12.8 Å². The van der Waals surface area contributed by atoms with E-state index < -0.39 is 0 Å². The molecule has 0 amide bonds. The lowest BCUT2D eigenvalue weighted by Crippen LogP contribution is -2.06. The van der Waals surface area contributed by atoms with Crippen molar-refractivity contribution < 1.29 is 14.2 Å². The van der Waals surface area contributed by atoms with Crippen molar-refractivity contribution in [1.29, 1.82) is 0 Å². The molecule has 0 saturated carbocycles. The molecule has 3 nitrogen and oxygen atoms in total. The summed E-state index contributed by atoms with van der Waals surface area (Å²) >= 11 is 3.46. The summed E-state index contributed by atoms with van der Waals surface area (Å²) in [6.07, 6.45) is 3.48. The van der Waals surface area contributed by atoms with Crippen molar-refractivity contribution in [3.05, 3.63) is 65.2 Å². The van der Waals surface area contributed by atoms with Crippen LogP contribution in [-0.2, 0) is 6.42 Å². The van der Waals surface area contributed by atoms with E-state index in [0.717, 1.165) is 40.1 Å². The molecular formula is C19H21BrO3. The van der Waals surface area contributed by atoms with Crippen LogP contribution in [0.5, 0.6) is 17.2 Å². The molecule has 0 aromatic heterocycles. The highest BCUT2D eigenvalue weighted by Crippen LogP contribution is 2.28. The predicted molar refractivity (Wildman–Crippen MR) is 96.6 cm³/mol. The molecule has 2 aromatic rings. The fourth-order valence-corrected chi connectivity index (χ4v) is 2.51. The summed E-state index contributed by atoms with van der Waals surface area (Å²) in [5, 5.41) is 0. The highest BCUT2D eigenvalue weighted by Gasteiger charge is 2.05. The number of allylic oxidation sites excluding steroid dienone is 1. The van der Waals surface area contributed by atoms with Gasteiger partial charge in [0.15, 0.2) is 11.5 Å². The Balaban J connectivity index is 1.80. The summed E-state index contributed by atoms with van der Waals surface area (Å²) in [6, 6.07) is 13.8. The number of hydrogen-bond acceptors (Lipinski definition) is 3. The maximum absolute atomic E-state index is 5.79. The normalized spacial score (nSPS) is 10.2. The van der Waals surface area contributed by atoms with E-state index in [9.17, 15) is 0 Å². The van der Waals surface area contributed by atoms with Crippen LogP contribution in [0.3, 0.4) is 0 Å². The Hall–Kier alpha value is -1.94. The molecule has 0 N–H and O–H groups in total. The maximum Gasteiger partial charge on any atom is 0.161 e. The average Bonchev–Trinajstić information content (AvgIpc) is 2.57. The largest absolute Gasteiger partial charge is 0.493 e. The smallest absolute Gasteiger partial charge is 0.161 e. The number of methoxy groups -OCH3 is 1. The minimum absolute atomic E-state index is 0.571. The van der Waals surface area contributed by atoms with Crippen molar-refractivity contribution in [2.75, 3.05) is 20.3 Å². The molecule has 122 valence electrons. The Labute approximate surface area is 146 Å². The molecule has 23 heavy (non-hydrogen) atoms. The second kappa shape index (κ2) is 9.26. The first-order valence-electron chi connectivity index (χ1n) is 7.52. The first-order valence-corrected chi connectivity index (χ1v) is 8.32. The SMILES string of the molecule is C=CCc1ccc(OCCCOc2ccccc2Br)c(OC)c1. The number of ether oxygens (including phenoxy) is 3. The molecule has 0 unspecified atom stereocenters. The van der Waals surface area contributed by atoms with Gasteiger partial charge in [-0.1, -0.05) is 24.3 Å². The van der Waals surface area contributed by atoms with Gasteiger partial charge in [0.2, 0.25) is 0 Å². The lowest BCUT2D eigenvalue weighted by Gasteiger charge is -2.12. The second-order valence-electron chi connectivity index (χ2n) is 4.96. The molecule has 0 radical (unpaired) electrons. The second-order valence-corrected chi connectivity index (χ2v) is 5.81. The van der Waals surface area contributed by atoms with Gasteiger partial charge in [-0.3, -0.25) is 0 Å². The average molecular weight is 377 g/mol. The van der Waals surface area contributed by atoms with E-state index >= 15 is 0 Å². The van der Waals surface area contributed by atoms with Crippen molar-refractivity contribution in [3.8, 4) is 17.2 Å². The van der Waals surface area contributed by atoms with Crippen LogP contribution < -0.4 is 14.2 Å². The summed E-state index contributed by atoms with van der Waals surface area (Å²) in [5.41, 5.74) is 1.15. The van der Waals surface area contributed by atoms with Gasteiger partial charge >= 0.3 is 0 Å². The van der Waals surface area contributed by atoms with Crippen molar-refractivity contribution in [3.63, 3.8) is 0 Å². The maximum atomic E-state index is 5.79. The van der Waals surface area contributed by atoms with Crippen molar-refractivity contribution >= 4 is 15.9 Å². The van der Waals surface area contributed by atoms with Crippen LogP contribution >= 0.6 is 15.9 Å². The zero-order valence-electron chi connectivity index (χ0n) is 13.3. The van der Waals surface area contributed by atoms with Gasteiger partial charge in [-0.05, 0) is 52.2 Å². The lowest BCUT2D eigenvalue weighted by molar-refractivity contribution is 0.239. The van der Waals surface area contributed by atoms with Crippen molar-refractivity contribution in [1.82, 2.24) is 0 Å². The molecule has 2 rings (SSSR count). The molecule has 0 saturated heterocycles. The Bertz CT molecular complexity index is 640. The third kappa shape index (κ3) is 5.32. The zero-order valence-corrected chi connectivity index (χ0v) is 14.8. The topological polar surface area (TPSA) is 27.7 Å². The van der Waals surface area contributed by atoms with Crippen LogP contribution in [0.2, 0.25) is 0 Å². The molecule has 0 aliphatic rings. The summed E-state index contributed by atoms with van der Waals surface area (Å²) in [4.78, 5) is 0. The highest BCUT2D eigenvalue weighted by atomic mass is 79.9. The third-order valence-electron chi connectivity index (χ3n) is 3.25. The van der Waals surface area contributed by atoms with Gasteiger partial charge in [-0.25, -0.2) is 0 Å². The molecule has 2 aromatic carbocycles. The molecule has 0 fully saturated rings. The van der Waals surface area contributed by atoms with Gasteiger partial charge in [0, 0.05) is 6.42 Å². The first-order chi connectivity index (χ1) is 11.2. The monoisotopic (exact) mass is 376 g/mol. The summed E-state index contributed by atoms with van der Waals surface area (Å²) in [7, 11) is 1.65. The number of rotatable bonds is 9. The summed E-state index contributed by atoms with van der Waals surface area (Å²) in [5.74, 6) is 2.34. The van der Waals surface area contributed by atoms with E-state index in [1.807, 2.05) is 48.5 Å². The Morgan fingerprint density at radius 2 is 1.74 bits per heavy atom. The summed E-state index contributed by atoms with van der Waals surface area (Å²) < 4.78 is 17.8. The van der Waals surface area contributed by atoms with Crippen LogP contribution in [0, 0.1) is 0 Å². The van der Waals surface area contributed by atoms with E-state index in [1.54, 1.807) is 7.11 Å². The molecule has 4 heteroatoms. The number of hydrogen-bond donors (Lipinski definition) is 0. The summed E-state index contributed by atoms with van der Waals surface area (Å²) in [6.45, 7) is 4.91. The third-order valence-corrected chi connectivity index (χ3v) is 3.90. The molecule has 0 heterocycles.